The first kappa shape index (κ1) is 14.6. The molecule has 1 unspecified atom stereocenters. The summed E-state index contributed by atoms with van der Waals surface area (Å²) in [4.78, 5) is 3.88. The Kier molecular flexibility index (Phi) is 3.82. The van der Waals surface area contributed by atoms with Crippen molar-refractivity contribution in [2.24, 2.45) is 0 Å². The lowest BCUT2D eigenvalue weighted by Gasteiger charge is -2.39. The Morgan fingerprint density at radius 2 is 2.05 bits per heavy atom. The lowest BCUT2D eigenvalue weighted by Crippen LogP contribution is -2.42. The zero-order valence-electron chi connectivity index (χ0n) is 11.7. The van der Waals surface area contributed by atoms with Gasteiger partial charge in [-0.05, 0) is 37.8 Å². The Morgan fingerprint density at radius 3 is 2.76 bits per heavy atom. The molecule has 1 atom stereocenters. The molecule has 0 radical (unpaired) electrons. The first-order chi connectivity index (χ1) is 9.99. The molecule has 2 heterocycles. The van der Waals surface area contributed by atoms with Crippen molar-refractivity contribution in [2.75, 3.05) is 11.9 Å². The van der Waals surface area contributed by atoms with Crippen LogP contribution in [-0.4, -0.2) is 23.2 Å². The highest BCUT2D eigenvalue weighted by atomic mass is 19.4. The molecular weight excluding hydrogens is 281 g/mol. The molecule has 1 N–H and O–H groups in total. The molecule has 0 amide bonds. The molecule has 0 aromatic carbocycles. The van der Waals surface area contributed by atoms with E-state index in [4.69, 9.17) is 4.74 Å². The molecule has 1 aliphatic heterocycles. The fourth-order valence-electron chi connectivity index (χ4n) is 3.46. The molecule has 1 aliphatic carbocycles. The lowest BCUT2D eigenvalue weighted by molar-refractivity contribution is -0.137. The Bertz CT molecular complexity index is 498. The zero-order valence-corrected chi connectivity index (χ0v) is 11.7. The number of alkyl halides is 3. The van der Waals surface area contributed by atoms with Crippen LogP contribution in [0.3, 0.4) is 0 Å². The van der Waals surface area contributed by atoms with Gasteiger partial charge in [0.05, 0.1) is 11.2 Å². The van der Waals surface area contributed by atoms with E-state index >= 15 is 0 Å². The Morgan fingerprint density at radius 1 is 1.29 bits per heavy atom. The first-order valence-electron chi connectivity index (χ1n) is 7.41. The van der Waals surface area contributed by atoms with Crippen molar-refractivity contribution in [3.8, 4) is 0 Å². The molecule has 3 rings (SSSR count). The minimum atomic E-state index is -4.38. The van der Waals surface area contributed by atoms with E-state index in [1.54, 1.807) is 0 Å². The molecule has 1 spiro atoms. The number of hydrogen-bond donors (Lipinski definition) is 1. The van der Waals surface area contributed by atoms with E-state index in [0.29, 0.717) is 6.61 Å². The highest BCUT2D eigenvalue weighted by molar-refractivity contribution is 5.46. The summed E-state index contributed by atoms with van der Waals surface area (Å²) in [6, 6.07) is 2.38. The molecular formula is C15H19F3N2O. The average Bonchev–Trinajstić information content (AvgIpc) is 2.86. The maximum absolute atomic E-state index is 13.0. The van der Waals surface area contributed by atoms with Gasteiger partial charge in [0.15, 0.2) is 0 Å². The third kappa shape index (κ3) is 3.15. The zero-order chi connectivity index (χ0) is 14.9. The Labute approximate surface area is 121 Å². The Balaban J connectivity index is 1.75. The number of nitrogens with one attached hydrogen (secondary N) is 1. The second kappa shape index (κ2) is 5.48. The monoisotopic (exact) mass is 300 g/mol. The van der Waals surface area contributed by atoms with Crippen molar-refractivity contribution in [2.45, 2.75) is 56.3 Å². The fourth-order valence-corrected chi connectivity index (χ4v) is 3.46. The van der Waals surface area contributed by atoms with Gasteiger partial charge in [-0.25, -0.2) is 4.98 Å². The van der Waals surface area contributed by atoms with E-state index in [1.807, 2.05) is 0 Å². The van der Waals surface area contributed by atoms with Crippen LogP contribution in [0.15, 0.2) is 18.3 Å². The van der Waals surface area contributed by atoms with Gasteiger partial charge in [0, 0.05) is 18.8 Å². The van der Waals surface area contributed by atoms with Gasteiger partial charge in [-0.2, -0.15) is 13.2 Å². The number of ether oxygens (including phenoxy) is 1. The number of hydrogen-bond acceptors (Lipinski definition) is 3. The van der Waals surface area contributed by atoms with Gasteiger partial charge in [-0.15, -0.1) is 0 Å². The van der Waals surface area contributed by atoms with E-state index in [-0.39, 0.29) is 17.5 Å². The summed E-state index contributed by atoms with van der Waals surface area (Å²) in [5.41, 5.74) is -0.819. The minimum absolute atomic E-state index is 0.00662. The topological polar surface area (TPSA) is 34.2 Å². The molecule has 1 saturated heterocycles. The average molecular weight is 300 g/mol. The normalized spacial score (nSPS) is 25.2. The Hall–Kier alpha value is -1.30. The number of pyridine rings is 1. The summed E-state index contributed by atoms with van der Waals surface area (Å²) in [7, 11) is 0. The molecule has 0 bridgehead atoms. The molecule has 116 valence electrons. The summed E-state index contributed by atoms with van der Waals surface area (Å²) in [6.45, 7) is 0.603. The minimum Gasteiger partial charge on any atom is -0.375 e. The smallest absolute Gasteiger partial charge is 0.375 e. The van der Waals surface area contributed by atoms with Crippen LogP contribution >= 0.6 is 0 Å². The van der Waals surface area contributed by atoms with Crippen molar-refractivity contribution in [1.29, 1.82) is 0 Å². The molecule has 1 aromatic heterocycles. The number of nitrogens with zero attached hydrogens (tertiary/aromatic N) is 1. The second-order valence-corrected chi connectivity index (χ2v) is 5.97. The van der Waals surface area contributed by atoms with E-state index < -0.39 is 11.7 Å². The standard InChI is InChI=1S/C15H19F3N2O/c16-15(17,18)12-4-3-8-19-13(12)20-11-5-9-21-14(10-11)6-1-2-7-14/h3-4,8,11H,1-2,5-7,9-10H2,(H,19,20). The largest absolute Gasteiger partial charge is 0.419 e. The molecule has 3 nitrogen and oxygen atoms in total. The van der Waals surface area contributed by atoms with Crippen LogP contribution in [0.1, 0.15) is 44.1 Å². The van der Waals surface area contributed by atoms with Crippen LogP contribution in [0.4, 0.5) is 19.0 Å². The van der Waals surface area contributed by atoms with Crippen molar-refractivity contribution >= 4 is 5.82 Å². The number of aromatic nitrogens is 1. The van der Waals surface area contributed by atoms with Crippen LogP contribution in [0.2, 0.25) is 0 Å². The van der Waals surface area contributed by atoms with Crippen molar-refractivity contribution < 1.29 is 17.9 Å². The highest BCUT2D eigenvalue weighted by Gasteiger charge is 2.41. The molecule has 6 heteroatoms. The quantitative estimate of drug-likeness (QED) is 0.896. The van der Waals surface area contributed by atoms with Gasteiger partial charge in [-0.3, -0.25) is 0 Å². The lowest BCUT2D eigenvalue weighted by atomic mass is 9.89. The summed E-state index contributed by atoms with van der Waals surface area (Å²) in [5, 5.41) is 3.00. The van der Waals surface area contributed by atoms with E-state index in [1.165, 1.54) is 12.3 Å². The van der Waals surface area contributed by atoms with Crippen LogP contribution < -0.4 is 5.32 Å². The third-order valence-electron chi connectivity index (χ3n) is 4.46. The van der Waals surface area contributed by atoms with Gasteiger partial charge in [-0.1, -0.05) is 12.8 Å². The molecule has 1 aromatic rings. The summed E-state index contributed by atoms with van der Waals surface area (Å²) >= 11 is 0. The third-order valence-corrected chi connectivity index (χ3v) is 4.46. The summed E-state index contributed by atoms with van der Waals surface area (Å²) < 4.78 is 44.9. The van der Waals surface area contributed by atoms with Gasteiger partial charge in [0.25, 0.3) is 0 Å². The van der Waals surface area contributed by atoms with E-state index in [0.717, 1.165) is 44.6 Å². The molecule has 2 aliphatic rings. The number of halogens is 3. The van der Waals surface area contributed by atoms with Crippen LogP contribution in [-0.2, 0) is 10.9 Å². The van der Waals surface area contributed by atoms with Crippen LogP contribution in [0.5, 0.6) is 0 Å². The van der Waals surface area contributed by atoms with Gasteiger partial charge in [0.1, 0.15) is 5.82 Å². The van der Waals surface area contributed by atoms with Crippen molar-refractivity contribution in [1.82, 2.24) is 4.98 Å². The first-order valence-corrected chi connectivity index (χ1v) is 7.41. The highest BCUT2D eigenvalue weighted by Crippen LogP contribution is 2.41. The maximum Gasteiger partial charge on any atom is 0.419 e. The predicted molar refractivity (Wildman–Crippen MR) is 73.0 cm³/mol. The molecule has 21 heavy (non-hydrogen) atoms. The summed E-state index contributed by atoms with van der Waals surface area (Å²) in [6.07, 6.45) is 2.80. The van der Waals surface area contributed by atoms with E-state index in [9.17, 15) is 13.2 Å². The van der Waals surface area contributed by atoms with Gasteiger partial charge >= 0.3 is 6.18 Å². The van der Waals surface area contributed by atoms with Gasteiger partial charge in [0.2, 0.25) is 0 Å². The molecule has 2 fully saturated rings. The van der Waals surface area contributed by atoms with Crippen LogP contribution in [0, 0.1) is 0 Å². The predicted octanol–water partition coefficient (Wildman–Crippen LogP) is 4.00. The maximum atomic E-state index is 13.0. The SMILES string of the molecule is FC(F)(F)c1cccnc1NC1CCOC2(CCCC2)C1. The number of anilines is 1. The van der Waals surface area contributed by atoms with E-state index in [2.05, 4.69) is 10.3 Å². The van der Waals surface area contributed by atoms with Crippen molar-refractivity contribution in [3.63, 3.8) is 0 Å². The van der Waals surface area contributed by atoms with Crippen molar-refractivity contribution in [3.05, 3.63) is 23.9 Å². The van der Waals surface area contributed by atoms with Gasteiger partial charge < -0.3 is 10.1 Å². The molecule has 1 saturated carbocycles. The van der Waals surface area contributed by atoms with Crippen LogP contribution in [0.25, 0.3) is 0 Å². The summed E-state index contributed by atoms with van der Waals surface area (Å²) in [5.74, 6) is -0.0648. The fraction of sp³-hybridized carbons (Fsp3) is 0.667. The second-order valence-electron chi connectivity index (χ2n) is 5.97. The number of rotatable bonds is 2.